The quantitative estimate of drug-likeness (QED) is 0.773. The van der Waals surface area contributed by atoms with Crippen LogP contribution < -0.4 is 10.6 Å². The van der Waals surface area contributed by atoms with Gasteiger partial charge in [0, 0.05) is 25.1 Å². The Hall–Kier alpha value is -2.96. The van der Waals surface area contributed by atoms with Crippen molar-refractivity contribution in [2.45, 2.75) is 6.42 Å². The van der Waals surface area contributed by atoms with Gasteiger partial charge in [-0.05, 0) is 24.1 Å². The summed E-state index contributed by atoms with van der Waals surface area (Å²) in [5.74, 6) is -1.09. The Morgan fingerprint density at radius 3 is 2.76 bits per heavy atom. The number of rotatable bonds is 5. The molecule has 2 aromatic heterocycles. The Morgan fingerprint density at radius 1 is 1.19 bits per heavy atom. The van der Waals surface area contributed by atoms with E-state index >= 15 is 0 Å². The van der Waals surface area contributed by atoms with Crippen LogP contribution in [0.5, 0.6) is 0 Å². The molecule has 0 atom stereocenters. The Kier molecular flexibility index (Phi) is 4.81. The van der Waals surface area contributed by atoms with E-state index in [9.17, 15) is 9.59 Å². The monoisotopic (exact) mass is 286 g/mol. The number of carboxylic acids is 1. The fourth-order valence-electron chi connectivity index (χ4n) is 1.67. The third-order valence-electron chi connectivity index (χ3n) is 2.67. The minimum absolute atomic E-state index is 0.0168. The molecule has 2 heterocycles. The van der Waals surface area contributed by atoms with Gasteiger partial charge in [-0.15, -0.1) is 0 Å². The van der Waals surface area contributed by atoms with Crippen molar-refractivity contribution in [3.63, 3.8) is 0 Å². The van der Waals surface area contributed by atoms with Crippen molar-refractivity contribution in [2.75, 3.05) is 11.9 Å². The van der Waals surface area contributed by atoms with E-state index in [0.717, 1.165) is 5.56 Å². The standard InChI is InChI=1S/C14H14N4O3/c19-13(20)11-6-12(9-16-8-11)18-14(21)17-5-3-10-2-1-4-15-7-10/h1-2,4,6-9H,3,5H2,(H,19,20)(H2,17,18,21). The smallest absolute Gasteiger partial charge is 0.337 e. The highest BCUT2D eigenvalue weighted by Gasteiger charge is 2.06. The lowest BCUT2D eigenvalue weighted by atomic mass is 10.2. The van der Waals surface area contributed by atoms with Crippen LogP contribution in [-0.2, 0) is 6.42 Å². The molecule has 7 nitrogen and oxygen atoms in total. The lowest BCUT2D eigenvalue weighted by Crippen LogP contribution is -2.30. The van der Waals surface area contributed by atoms with E-state index in [-0.39, 0.29) is 5.56 Å². The van der Waals surface area contributed by atoms with Gasteiger partial charge in [0.25, 0.3) is 0 Å². The third kappa shape index (κ3) is 4.57. The summed E-state index contributed by atoms with van der Waals surface area (Å²) in [5, 5.41) is 14.0. The van der Waals surface area contributed by atoms with Gasteiger partial charge in [-0.2, -0.15) is 0 Å². The van der Waals surface area contributed by atoms with E-state index in [2.05, 4.69) is 20.6 Å². The number of aromatic carboxylic acids is 1. The first-order valence-corrected chi connectivity index (χ1v) is 6.27. The van der Waals surface area contributed by atoms with Crippen molar-refractivity contribution < 1.29 is 14.7 Å². The Balaban J connectivity index is 1.82. The molecule has 7 heteroatoms. The summed E-state index contributed by atoms with van der Waals surface area (Å²) >= 11 is 0. The molecule has 2 amide bonds. The molecule has 0 bridgehead atoms. The van der Waals surface area contributed by atoms with Gasteiger partial charge in [-0.1, -0.05) is 6.07 Å². The maximum atomic E-state index is 11.7. The predicted octanol–water partition coefficient (Wildman–Crippen LogP) is 1.54. The normalized spacial score (nSPS) is 9.90. The molecule has 0 saturated carbocycles. The zero-order valence-electron chi connectivity index (χ0n) is 11.1. The number of aromatic nitrogens is 2. The van der Waals surface area contributed by atoms with Crippen LogP contribution in [0.4, 0.5) is 10.5 Å². The number of carbonyl (C=O) groups excluding carboxylic acids is 1. The minimum atomic E-state index is -1.09. The highest BCUT2D eigenvalue weighted by atomic mass is 16.4. The maximum absolute atomic E-state index is 11.7. The first kappa shape index (κ1) is 14.4. The number of anilines is 1. The Labute approximate surface area is 121 Å². The molecule has 0 spiro atoms. The fraction of sp³-hybridized carbons (Fsp3) is 0.143. The van der Waals surface area contributed by atoms with Crippen LogP contribution in [0.1, 0.15) is 15.9 Å². The van der Waals surface area contributed by atoms with Crippen LogP contribution in [0, 0.1) is 0 Å². The molecule has 2 rings (SSSR count). The van der Waals surface area contributed by atoms with Gasteiger partial charge in [0.1, 0.15) is 0 Å². The Bertz CT molecular complexity index is 631. The van der Waals surface area contributed by atoms with Crippen LogP contribution in [0.2, 0.25) is 0 Å². The number of amides is 2. The van der Waals surface area contributed by atoms with Gasteiger partial charge in [-0.3, -0.25) is 9.97 Å². The lowest BCUT2D eigenvalue weighted by molar-refractivity contribution is 0.0696. The largest absolute Gasteiger partial charge is 0.478 e. The van der Waals surface area contributed by atoms with E-state index < -0.39 is 12.0 Å². The maximum Gasteiger partial charge on any atom is 0.337 e. The molecule has 0 saturated heterocycles. The van der Waals surface area contributed by atoms with E-state index in [0.29, 0.717) is 18.7 Å². The number of carbonyl (C=O) groups is 2. The predicted molar refractivity (Wildman–Crippen MR) is 76.2 cm³/mol. The summed E-state index contributed by atoms with van der Waals surface area (Å²) in [7, 11) is 0. The second-order valence-electron chi connectivity index (χ2n) is 4.26. The summed E-state index contributed by atoms with van der Waals surface area (Å²) in [6.07, 6.45) is 6.68. The first-order valence-electron chi connectivity index (χ1n) is 6.27. The number of hydrogen-bond donors (Lipinski definition) is 3. The average molecular weight is 286 g/mol. The number of pyridine rings is 2. The van der Waals surface area contributed by atoms with Gasteiger partial charge in [0.15, 0.2) is 0 Å². The van der Waals surface area contributed by atoms with Crippen LogP contribution in [0.3, 0.4) is 0 Å². The molecule has 0 aromatic carbocycles. The second kappa shape index (κ2) is 6.99. The zero-order chi connectivity index (χ0) is 15.1. The Morgan fingerprint density at radius 2 is 2.05 bits per heavy atom. The summed E-state index contributed by atoms with van der Waals surface area (Å²) in [5.41, 5.74) is 1.37. The van der Waals surface area contributed by atoms with Crippen molar-refractivity contribution in [1.29, 1.82) is 0 Å². The molecule has 108 valence electrons. The van der Waals surface area contributed by atoms with Gasteiger partial charge < -0.3 is 15.7 Å². The molecule has 0 unspecified atom stereocenters. The average Bonchev–Trinajstić information content (AvgIpc) is 2.48. The molecule has 0 radical (unpaired) electrons. The molecule has 0 aliphatic heterocycles. The zero-order valence-corrected chi connectivity index (χ0v) is 11.1. The van der Waals surface area contributed by atoms with Gasteiger partial charge >= 0.3 is 12.0 Å². The van der Waals surface area contributed by atoms with Crippen LogP contribution >= 0.6 is 0 Å². The van der Waals surface area contributed by atoms with Gasteiger partial charge in [-0.25, -0.2) is 9.59 Å². The number of hydrogen-bond acceptors (Lipinski definition) is 4. The number of nitrogens with one attached hydrogen (secondary N) is 2. The topological polar surface area (TPSA) is 104 Å². The highest BCUT2D eigenvalue weighted by Crippen LogP contribution is 2.08. The molecule has 0 aliphatic rings. The number of carboxylic acid groups (broad SMARTS) is 1. The van der Waals surface area contributed by atoms with Crippen LogP contribution in [0.25, 0.3) is 0 Å². The van der Waals surface area contributed by atoms with Crippen molar-refractivity contribution in [1.82, 2.24) is 15.3 Å². The molecule has 0 fully saturated rings. The minimum Gasteiger partial charge on any atom is -0.478 e. The lowest BCUT2D eigenvalue weighted by Gasteiger charge is -2.07. The van der Waals surface area contributed by atoms with E-state index in [1.807, 2.05) is 12.1 Å². The summed E-state index contributed by atoms with van der Waals surface area (Å²) in [6, 6.07) is 4.68. The SMILES string of the molecule is O=C(NCCc1cccnc1)Nc1cncc(C(=O)O)c1. The molecule has 21 heavy (non-hydrogen) atoms. The molecular weight excluding hydrogens is 272 g/mol. The summed E-state index contributed by atoms with van der Waals surface area (Å²) in [6.45, 7) is 0.448. The van der Waals surface area contributed by atoms with E-state index in [1.54, 1.807) is 12.4 Å². The van der Waals surface area contributed by atoms with E-state index in [4.69, 9.17) is 5.11 Å². The van der Waals surface area contributed by atoms with Crippen molar-refractivity contribution in [3.8, 4) is 0 Å². The van der Waals surface area contributed by atoms with Crippen LogP contribution in [0.15, 0.2) is 43.0 Å². The van der Waals surface area contributed by atoms with E-state index in [1.165, 1.54) is 18.5 Å². The fourth-order valence-corrected chi connectivity index (χ4v) is 1.67. The number of urea groups is 1. The molecular formula is C14H14N4O3. The summed E-state index contributed by atoms with van der Waals surface area (Å²) < 4.78 is 0. The first-order chi connectivity index (χ1) is 10.1. The van der Waals surface area contributed by atoms with Crippen LogP contribution in [-0.4, -0.2) is 33.6 Å². The third-order valence-corrected chi connectivity index (χ3v) is 2.67. The van der Waals surface area contributed by atoms with Gasteiger partial charge in [0.2, 0.25) is 0 Å². The summed E-state index contributed by atoms with van der Waals surface area (Å²) in [4.78, 5) is 30.2. The molecule has 3 N–H and O–H groups in total. The highest BCUT2D eigenvalue weighted by molar-refractivity contribution is 5.92. The number of nitrogens with zero attached hydrogens (tertiary/aromatic N) is 2. The van der Waals surface area contributed by atoms with Crippen molar-refractivity contribution in [2.24, 2.45) is 0 Å². The second-order valence-corrected chi connectivity index (χ2v) is 4.26. The van der Waals surface area contributed by atoms with Crippen molar-refractivity contribution >= 4 is 17.7 Å². The molecule has 2 aromatic rings. The van der Waals surface area contributed by atoms with Gasteiger partial charge in [0.05, 0.1) is 17.4 Å². The van der Waals surface area contributed by atoms with Crippen molar-refractivity contribution in [3.05, 3.63) is 54.1 Å². The molecule has 0 aliphatic carbocycles.